The Morgan fingerprint density at radius 2 is 2.10 bits per heavy atom. The van der Waals surface area contributed by atoms with Gasteiger partial charge in [-0.05, 0) is 43.7 Å². The Labute approximate surface area is 122 Å². The van der Waals surface area contributed by atoms with E-state index in [0.717, 1.165) is 0 Å². The molecule has 0 saturated heterocycles. The molecule has 0 spiro atoms. The van der Waals surface area contributed by atoms with Crippen molar-refractivity contribution >= 4 is 5.78 Å². The first-order chi connectivity index (χ1) is 9.73. The molecule has 1 aliphatic heterocycles. The number of hydrogen-bond donors (Lipinski definition) is 4. The lowest BCUT2D eigenvalue weighted by Gasteiger charge is -2.39. The van der Waals surface area contributed by atoms with E-state index in [9.17, 15) is 25.2 Å². The van der Waals surface area contributed by atoms with Crippen molar-refractivity contribution in [2.75, 3.05) is 6.61 Å². The molecule has 0 saturated carbocycles. The first-order valence-corrected chi connectivity index (χ1v) is 6.78. The molecule has 1 aliphatic carbocycles. The van der Waals surface area contributed by atoms with E-state index in [-0.39, 0.29) is 6.61 Å². The van der Waals surface area contributed by atoms with Crippen LogP contribution in [0.2, 0.25) is 0 Å². The molecule has 0 radical (unpaired) electrons. The van der Waals surface area contributed by atoms with E-state index in [1.165, 1.54) is 32.1 Å². The Bertz CT molecular complexity index is 514. The van der Waals surface area contributed by atoms with Gasteiger partial charge in [0.15, 0.2) is 11.4 Å². The molecule has 0 bridgehead atoms. The van der Waals surface area contributed by atoms with Gasteiger partial charge in [0.25, 0.3) is 0 Å². The molecule has 5 atom stereocenters. The largest absolute Gasteiger partial charge is 0.493 e. The van der Waals surface area contributed by atoms with Crippen molar-refractivity contribution in [1.29, 1.82) is 0 Å². The molecule has 1 heterocycles. The summed E-state index contributed by atoms with van der Waals surface area (Å²) in [6.07, 6.45) is 2.63. The van der Waals surface area contributed by atoms with Crippen LogP contribution >= 0.6 is 0 Å². The monoisotopic (exact) mass is 296 g/mol. The van der Waals surface area contributed by atoms with Crippen LogP contribution in [-0.2, 0) is 9.53 Å². The molecule has 6 heteroatoms. The fourth-order valence-electron chi connectivity index (χ4n) is 2.30. The van der Waals surface area contributed by atoms with Crippen molar-refractivity contribution in [3.63, 3.8) is 0 Å². The highest BCUT2D eigenvalue weighted by Crippen LogP contribution is 2.35. The summed E-state index contributed by atoms with van der Waals surface area (Å²) in [5.74, 6) is -0.609. The predicted molar refractivity (Wildman–Crippen MR) is 74.1 cm³/mol. The molecule has 6 nitrogen and oxygen atoms in total. The third kappa shape index (κ3) is 3.08. The summed E-state index contributed by atoms with van der Waals surface area (Å²) in [4.78, 5) is 11.8. The summed E-state index contributed by atoms with van der Waals surface area (Å²) in [7, 11) is 0. The molecule has 0 amide bonds. The number of allylic oxidation sites excluding steroid dienone is 2. The highest BCUT2D eigenvalue weighted by molar-refractivity contribution is 5.99. The first-order valence-electron chi connectivity index (χ1n) is 6.78. The van der Waals surface area contributed by atoms with E-state index in [0.29, 0.717) is 11.3 Å². The van der Waals surface area contributed by atoms with Gasteiger partial charge in [0.1, 0.15) is 5.76 Å². The highest BCUT2D eigenvalue weighted by atomic mass is 16.5. The van der Waals surface area contributed by atoms with E-state index in [1.54, 1.807) is 6.08 Å². The number of carbonyl (C=O) groups is 1. The Morgan fingerprint density at radius 3 is 2.71 bits per heavy atom. The minimum atomic E-state index is -1.80. The lowest BCUT2D eigenvalue weighted by atomic mass is 9.75. The van der Waals surface area contributed by atoms with Crippen molar-refractivity contribution < 1.29 is 30.0 Å². The molecule has 0 aromatic carbocycles. The molecule has 21 heavy (non-hydrogen) atoms. The standard InChI is InChI=1S/C15H20O6/c1-8(16)12(17)4-3-10-5-9-6-13(18)15(2,20)14(19)11(9)7-21-10/h3-6,8,11-12,14,16-17,19-20H,7H2,1-2H3/b4-3+/t8-,11-,12+,14+,15+/m0/s1. The highest BCUT2D eigenvalue weighted by Gasteiger charge is 2.47. The number of ketones is 1. The first kappa shape index (κ1) is 15.9. The van der Waals surface area contributed by atoms with Crippen LogP contribution in [0, 0.1) is 5.92 Å². The number of rotatable bonds is 3. The Hall–Kier alpha value is -1.47. The van der Waals surface area contributed by atoms with Crippen LogP contribution in [0.3, 0.4) is 0 Å². The zero-order chi connectivity index (χ0) is 15.8. The van der Waals surface area contributed by atoms with Gasteiger partial charge in [-0.25, -0.2) is 0 Å². The fourth-order valence-corrected chi connectivity index (χ4v) is 2.30. The number of hydrogen-bond acceptors (Lipinski definition) is 6. The Morgan fingerprint density at radius 1 is 1.43 bits per heavy atom. The van der Waals surface area contributed by atoms with Crippen molar-refractivity contribution in [2.24, 2.45) is 5.92 Å². The quantitative estimate of drug-likeness (QED) is 0.556. The van der Waals surface area contributed by atoms with E-state index >= 15 is 0 Å². The Kier molecular flexibility index (Phi) is 4.34. The summed E-state index contributed by atoms with van der Waals surface area (Å²) < 4.78 is 5.43. The zero-order valence-corrected chi connectivity index (χ0v) is 11.9. The molecule has 0 unspecified atom stereocenters. The second-order valence-corrected chi connectivity index (χ2v) is 5.66. The maximum atomic E-state index is 11.8. The average molecular weight is 296 g/mol. The minimum Gasteiger partial charge on any atom is -0.493 e. The third-order valence-electron chi connectivity index (χ3n) is 3.87. The van der Waals surface area contributed by atoms with Gasteiger partial charge in [-0.1, -0.05) is 0 Å². The number of aliphatic hydroxyl groups excluding tert-OH is 3. The van der Waals surface area contributed by atoms with Crippen molar-refractivity contribution in [3.8, 4) is 0 Å². The van der Waals surface area contributed by atoms with Crippen LogP contribution in [-0.4, -0.2) is 56.7 Å². The van der Waals surface area contributed by atoms with Gasteiger partial charge in [0, 0.05) is 5.92 Å². The van der Waals surface area contributed by atoms with Crippen LogP contribution in [0.4, 0.5) is 0 Å². The molecule has 2 aliphatic rings. The zero-order valence-electron chi connectivity index (χ0n) is 11.9. The predicted octanol–water partition coefficient (Wildman–Crippen LogP) is -0.564. The molecule has 2 rings (SSSR count). The maximum Gasteiger partial charge on any atom is 0.189 e. The van der Waals surface area contributed by atoms with Crippen LogP contribution < -0.4 is 0 Å². The van der Waals surface area contributed by atoms with Gasteiger partial charge >= 0.3 is 0 Å². The van der Waals surface area contributed by atoms with E-state index in [1.807, 2.05) is 0 Å². The number of fused-ring (bicyclic) bond motifs is 1. The maximum absolute atomic E-state index is 11.8. The lowest BCUT2D eigenvalue weighted by Crippen LogP contribution is -2.54. The smallest absolute Gasteiger partial charge is 0.189 e. The number of carbonyl (C=O) groups excluding carboxylic acids is 1. The second kappa shape index (κ2) is 5.73. The molecular formula is C15H20O6. The van der Waals surface area contributed by atoms with Gasteiger partial charge in [-0.2, -0.15) is 0 Å². The van der Waals surface area contributed by atoms with Gasteiger partial charge in [-0.15, -0.1) is 0 Å². The molecule has 116 valence electrons. The molecule has 0 fully saturated rings. The normalized spacial score (nSPS) is 35.6. The van der Waals surface area contributed by atoms with Crippen molar-refractivity contribution in [3.05, 3.63) is 35.6 Å². The van der Waals surface area contributed by atoms with Gasteiger partial charge < -0.3 is 25.2 Å². The summed E-state index contributed by atoms with van der Waals surface area (Å²) in [5, 5.41) is 38.7. The van der Waals surface area contributed by atoms with Gasteiger partial charge in [0.05, 0.1) is 24.9 Å². The SMILES string of the molecule is C[C@H](O)[C@H](O)/C=C/C1=CC2=CC(=O)[C@@](C)(O)[C@H](O)[C@H]2CO1. The second-order valence-electron chi connectivity index (χ2n) is 5.66. The van der Waals surface area contributed by atoms with Crippen LogP contribution in [0.15, 0.2) is 35.6 Å². The van der Waals surface area contributed by atoms with Crippen LogP contribution in [0.1, 0.15) is 13.8 Å². The van der Waals surface area contributed by atoms with Gasteiger partial charge in [0.2, 0.25) is 0 Å². The summed E-state index contributed by atoms with van der Waals surface area (Å²) in [6.45, 7) is 2.87. The molecular weight excluding hydrogens is 276 g/mol. The lowest BCUT2D eigenvalue weighted by molar-refractivity contribution is -0.150. The molecule has 4 N–H and O–H groups in total. The van der Waals surface area contributed by atoms with E-state index in [4.69, 9.17) is 4.74 Å². The minimum absolute atomic E-state index is 0.122. The number of aliphatic hydroxyl groups is 4. The van der Waals surface area contributed by atoms with Crippen LogP contribution in [0.25, 0.3) is 0 Å². The van der Waals surface area contributed by atoms with Gasteiger partial charge in [-0.3, -0.25) is 4.79 Å². The fraction of sp³-hybridized carbons (Fsp3) is 0.533. The van der Waals surface area contributed by atoms with E-state index < -0.39 is 35.6 Å². The van der Waals surface area contributed by atoms with E-state index in [2.05, 4.69) is 0 Å². The molecule has 0 aromatic heterocycles. The van der Waals surface area contributed by atoms with Crippen molar-refractivity contribution in [1.82, 2.24) is 0 Å². The average Bonchev–Trinajstić information content (AvgIpc) is 2.42. The summed E-state index contributed by atoms with van der Waals surface area (Å²) in [6, 6.07) is 0. The summed E-state index contributed by atoms with van der Waals surface area (Å²) >= 11 is 0. The number of ether oxygens (including phenoxy) is 1. The Balaban J connectivity index is 2.22. The van der Waals surface area contributed by atoms with Crippen molar-refractivity contribution in [2.45, 2.75) is 37.8 Å². The van der Waals surface area contributed by atoms with Crippen LogP contribution in [0.5, 0.6) is 0 Å². The molecule has 0 aromatic rings. The third-order valence-corrected chi connectivity index (χ3v) is 3.87. The summed E-state index contributed by atoms with van der Waals surface area (Å²) in [5.41, 5.74) is -1.22. The topological polar surface area (TPSA) is 107 Å².